The number of ether oxygens (including phenoxy) is 1. The number of terminal acetylenes is 1. The molecule has 1 aliphatic heterocycles. The topological polar surface area (TPSA) is 82.6 Å². The molecule has 164 valence electrons. The minimum absolute atomic E-state index is 0.108. The first kappa shape index (κ1) is 21.6. The molecule has 0 aliphatic carbocycles. The van der Waals surface area contributed by atoms with Crippen LogP contribution in [-0.2, 0) is 4.74 Å². The van der Waals surface area contributed by atoms with Gasteiger partial charge in [-0.15, -0.1) is 6.42 Å². The van der Waals surface area contributed by atoms with Crippen LogP contribution in [0, 0.1) is 12.3 Å². The molecule has 1 aromatic heterocycles. The maximum Gasteiger partial charge on any atom is 0.321 e. The summed E-state index contributed by atoms with van der Waals surface area (Å²) in [7, 11) is 1.70. The number of carbonyl (C=O) groups is 1. The Morgan fingerprint density at radius 2 is 1.97 bits per heavy atom. The number of rotatable bonds is 6. The molecule has 8 nitrogen and oxygen atoms in total. The zero-order valence-electron chi connectivity index (χ0n) is 18.0. The van der Waals surface area contributed by atoms with Gasteiger partial charge in [-0.3, -0.25) is 4.90 Å². The Bertz CT molecular complexity index is 1130. The Labute approximate surface area is 187 Å². The van der Waals surface area contributed by atoms with Crippen molar-refractivity contribution in [3.05, 3.63) is 54.4 Å². The summed E-state index contributed by atoms with van der Waals surface area (Å²) in [6.07, 6.45) is 7.01. The van der Waals surface area contributed by atoms with Crippen molar-refractivity contribution in [1.82, 2.24) is 19.8 Å². The minimum Gasteiger partial charge on any atom is -0.383 e. The summed E-state index contributed by atoms with van der Waals surface area (Å²) in [5, 5.41) is 7.11. The number of anilines is 3. The van der Waals surface area contributed by atoms with E-state index in [2.05, 4.69) is 31.4 Å². The molecule has 1 saturated heterocycles. The molecular weight excluding hydrogens is 404 g/mol. The number of fused-ring (bicyclic) bond motifs is 1. The quantitative estimate of drug-likeness (QED) is 0.585. The van der Waals surface area contributed by atoms with Crippen molar-refractivity contribution in [3.63, 3.8) is 0 Å². The number of hydrogen-bond acceptors (Lipinski definition) is 6. The summed E-state index contributed by atoms with van der Waals surface area (Å²) in [4.78, 5) is 25.6. The Hall–Kier alpha value is -3.67. The Balaban J connectivity index is 1.47. The molecule has 8 heteroatoms. The highest BCUT2D eigenvalue weighted by atomic mass is 16.5. The van der Waals surface area contributed by atoms with Gasteiger partial charge >= 0.3 is 6.03 Å². The van der Waals surface area contributed by atoms with E-state index in [1.54, 1.807) is 7.11 Å². The number of hydrogen-bond donors (Lipinski definition) is 2. The minimum atomic E-state index is -0.108. The van der Waals surface area contributed by atoms with Gasteiger partial charge in [0.05, 0.1) is 12.1 Å². The fraction of sp³-hybridized carbons (Fsp3) is 0.292. The number of methoxy groups -OCH3 is 1. The molecular formula is C24H26N6O2. The molecule has 4 rings (SSSR count). The van der Waals surface area contributed by atoms with E-state index in [4.69, 9.17) is 11.2 Å². The lowest BCUT2D eigenvalue weighted by molar-refractivity contribution is 0.109. The van der Waals surface area contributed by atoms with Gasteiger partial charge in [-0.1, -0.05) is 12.0 Å². The largest absolute Gasteiger partial charge is 0.383 e. The summed E-state index contributed by atoms with van der Waals surface area (Å²) in [5.74, 6) is 3.28. The normalized spacial score (nSPS) is 14.2. The van der Waals surface area contributed by atoms with Crippen LogP contribution in [0.2, 0.25) is 0 Å². The fourth-order valence-corrected chi connectivity index (χ4v) is 3.65. The Kier molecular flexibility index (Phi) is 6.80. The third-order valence-corrected chi connectivity index (χ3v) is 5.45. The van der Waals surface area contributed by atoms with Crippen LogP contribution in [0.3, 0.4) is 0 Å². The van der Waals surface area contributed by atoms with Gasteiger partial charge in [0.2, 0.25) is 0 Å². The van der Waals surface area contributed by atoms with Gasteiger partial charge < -0.3 is 20.3 Å². The SMILES string of the molecule is C#Cc1cccc(Nc2ncnc3ccc(NC(=O)N4CCN(CCOC)CC4)cc23)c1. The van der Waals surface area contributed by atoms with E-state index in [0.717, 1.165) is 41.8 Å². The second-order valence-corrected chi connectivity index (χ2v) is 7.56. The number of urea groups is 1. The number of nitrogens with one attached hydrogen (secondary N) is 2. The van der Waals surface area contributed by atoms with Crippen LogP contribution in [0.15, 0.2) is 48.8 Å². The molecule has 3 aromatic rings. The number of amides is 2. The molecule has 0 atom stereocenters. The first-order valence-corrected chi connectivity index (χ1v) is 10.5. The van der Waals surface area contributed by atoms with Crippen LogP contribution in [0.4, 0.5) is 22.0 Å². The second-order valence-electron chi connectivity index (χ2n) is 7.56. The van der Waals surface area contributed by atoms with E-state index in [9.17, 15) is 4.79 Å². The lowest BCUT2D eigenvalue weighted by Gasteiger charge is -2.34. The van der Waals surface area contributed by atoms with E-state index in [0.29, 0.717) is 31.2 Å². The average Bonchev–Trinajstić information content (AvgIpc) is 2.83. The molecule has 0 bridgehead atoms. The monoisotopic (exact) mass is 430 g/mol. The van der Waals surface area contributed by atoms with Crippen LogP contribution in [-0.4, -0.2) is 72.2 Å². The van der Waals surface area contributed by atoms with Gasteiger partial charge in [-0.25, -0.2) is 14.8 Å². The third kappa shape index (κ3) is 5.14. The average molecular weight is 431 g/mol. The molecule has 0 spiro atoms. The van der Waals surface area contributed by atoms with Crippen molar-refractivity contribution >= 4 is 34.1 Å². The zero-order chi connectivity index (χ0) is 22.3. The van der Waals surface area contributed by atoms with Gasteiger partial charge in [0.15, 0.2) is 0 Å². The van der Waals surface area contributed by atoms with E-state index in [-0.39, 0.29) is 6.03 Å². The van der Waals surface area contributed by atoms with Gasteiger partial charge in [-0.05, 0) is 36.4 Å². The van der Waals surface area contributed by atoms with Crippen LogP contribution >= 0.6 is 0 Å². The highest BCUT2D eigenvalue weighted by Crippen LogP contribution is 2.26. The van der Waals surface area contributed by atoms with Crippen molar-refractivity contribution in [2.75, 3.05) is 57.1 Å². The molecule has 2 amide bonds. The number of carbonyl (C=O) groups excluding carboxylic acids is 1. The number of piperazine rings is 1. The van der Waals surface area contributed by atoms with E-state index in [1.807, 2.05) is 47.4 Å². The molecule has 0 radical (unpaired) electrons. The van der Waals surface area contributed by atoms with E-state index >= 15 is 0 Å². The predicted octanol–water partition coefficient (Wildman–Crippen LogP) is 3.15. The van der Waals surface area contributed by atoms with Crippen LogP contribution in [0.25, 0.3) is 10.9 Å². The standard InChI is InChI=1S/C24H26N6O2/c1-3-18-5-4-6-19(15-18)27-23-21-16-20(7-8-22(21)25-17-26-23)28-24(31)30-11-9-29(10-12-30)13-14-32-2/h1,4-8,15-17H,9-14H2,2H3,(H,28,31)(H,25,26,27). The fourth-order valence-electron chi connectivity index (χ4n) is 3.65. The summed E-state index contributed by atoms with van der Waals surface area (Å²) in [6, 6.07) is 13.1. The molecule has 1 fully saturated rings. The molecule has 2 heterocycles. The van der Waals surface area contributed by atoms with Crippen molar-refractivity contribution < 1.29 is 9.53 Å². The lowest BCUT2D eigenvalue weighted by atomic mass is 10.2. The number of benzene rings is 2. The van der Waals surface area contributed by atoms with Crippen LogP contribution in [0.5, 0.6) is 0 Å². The van der Waals surface area contributed by atoms with Crippen molar-refractivity contribution in [3.8, 4) is 12.3 Å². The first-order chi connectivity index (χ1) is 15.7. The molecule has 1 aliphatic rings. The van der Waals surface area contributed by atoms with Crippen LogP contribution < -0.4 is 10.6 Å². The lowest BCUT2D eigenvalue weighted by Crippen LogP contribution is -2.50. The van der Waals surface area contributed by atoms with E-state index < -0.39 is 0 Å². The maximum atomic E-state index is 12.8. The van der Waals surface area contributed by atoms with Crippen molar-refractivity contribution in [2.24, 2.45) is 0 Å². The van der Waals surface area contributed by atoms with Gasteiger partial charge in [0.1, 0.15) is 12.1 Å². The molecule has 32 heavy (non-hydrogen) atoms. The van der Waals surface area contributed by atoms with Crippen molar-refractivity contribution in [1.29, 1.82) is 0 Å². The summed E-state index contributed by atoms with van der Waals surface area (Å²) < 4.78 is 5.13. The third-order valence-electron chi connectivity index (χ3n) is 5.45. The van der Waals surface area contributed by atoms with Gasteiger partial charge in [0.25, 0.3) is 0 Å². The molecule has 0 saturated carbocycles. The van der Waals surface area contributed by atoms with Gasteiger partial charge in [0, 0.05) is 62.2 Å². The highest BCUT2D eigenvalue weighted by molar-refractivity contribution is 5.96. The smallest absolute Gasteiger partial charge is 0.321 e. The zero-order valence-corrected chi connectivity index (χ0v) is 18.0. The molecule has 0 unspecified atom stereocenters. The van der Waals surface area contributed by atoms with Gasteiger partial charge in [-0.2, -0.15) is 0 Å². The molecule has 2 aromatic carbocycles. The molecule has 2 N–H and O–H groups in total. The highest BCUT2D eigenvalue weighted by Gasteiger charge is 2.21. The van der Waals surface area contributed by atoms with Crippen molar-refractivity contribution in [2.45, 2.75) is 0 Å². The Morgan fingerprint density at radius 3 is 2.75 bits per heavy atom. The Morgan fingerprint density at radius 1 is 1.12 bits per heavy atom. The van der Waals surface area contributed by atoms with Crippen LogP contribution in [0.1, 0.15) is 5.56 Å². The maximum absolute atomic E-state index is 12.8. The summed E-state index contributed by atoms with van der Waals surface area (Å²) in [6.45, 7) is 4.64. The number of nitrogens with zero attached hydrogens (tertiary/aromatic N) is 4. The predicted molar refractivity (Wildman–Crippen MR) is 126 cm³/mol. The summed E-state index contributed by atoms with van der Waals surface area (Å²) >= 11 is 0. The first-order valence-electron chi connectivity index (χ1n) is 10.5. The van der Waals surface area contributed by atoms with E-state index in [1.165, 1.54) is 6.33 Å². The second kappa shape index (κ2) is 10.1. The number of aromatic nitrogens is 2. The summed E-state index contributed by atoms with van der Waals surface area (Å²) in [5.41, 5.74) is 3.09.